The molecule has 21 heavy (non-hydrogen) atoms. The minimum Gasteiger partial charge on any atom is -0.316 e. The smallest absolute Gasteiger partial charge is 0.150 e. The quantitative estimate of drug-likeness (QED) is 0.816. The molecule has 0 heterocycles. The third-order valence-electron chi connectivity index (χ3n) is 4.38. The molecule has 0 amide bonds. The first-order valence-electron chi connectivity index (χ1n) is 7.54. The van der Waals surface area contributed by atoms with Crippen molar-refractivity contribution in [2.24, 2.45) is 5.92 Å². The molecule has 1 aliphatic rings. The predicted molar refractivity (Wildman–Crippen MR) is 90.6 cm³/mol. The Labute approximate surface area is 132 Å². The summed E-state index contributed by atoms with van der Waals surface area (Å²) in [4.78, 5) is 1.27. The lowest BCUT2D eigenvalue weighted by Crippen LogP contribution is -2.41. The summed E-state index contributed by atoms with van der Waals surface area (Å²) in [5.41, 5.74) is 0. The largest absolute Gasteiger partial charge is 0.316 e. The zero-order valence-corrected chi connectivity index (χ0v) is 14.4. The molecule has 1 fully saturated rings. The van der Waals surface area contributed by atoms with E-state index in [9.17, 15) is 8.42 Å². The van der Waals surface area contributed by atoms with Gasteiger partial charge in [-0.05, 0) is 44.4 Å². The van der Waals surface area contributed by atoms with Crippen LogP contribution in [0.4, 0.5) is 0 Å². The SMILES string of the molecule is CNC(CSc1ccccc1)C1CCCC(S(C)(=O)=O)C1. The second-order valence-electron chi connectivity index (χ2n) is 5.90. The molecule has 0 radical (unpaired) electrons. The number of hydrogen-bond acceptors (Lipinski definition) is 4. The van der Waals surface area contributed by atoms with Gasteiger partial charge >= 0.3 is 0 Å². The van der Waals surface area contributed by atoms with Gasteiger partial charge in [-0.2, -0.15) is 0 Å². The number of sulfone groups is 1. The average molecular weight is 328 g/mol. The molecular formula is C16H25NO2S2. The molecule has 0 aromatic heterocycles. The standard InChI is InChI=1S/C16H25NO2S2/c1-17-16(12-20-14-8-4-3-5-9-14)13-7-6-10-15(11-13)21(2,18)19/h3-5,8-9,13,15-17H,6-7,10-12H2,1-2H3. The number of nitrogens with one attached hydrogen (secondary N) is 1. The third kappa shape index (κ3) is 5.01. The first-order valence-corrected chi connectivity index (χ1v) is 10.5. The van der Waals surface area contributed by atoms with Crippen molar-refractivity contribution in [2.45, 2.75) is 41.9 Å². The van der Waals surface area contributed by atoms with Crippen LogP contribution in [0.2, 0.25) is 0 Å². The van der Waals surface area contributed by atoms with Gasteiger partial charge in [-0.15, -0.1) is 11.8 Å². The summed E-state index contributed by atoms with van der Waals surface area (Å²) < 4.78 is 23.6. The highest BCUT2D eigenvalue weighted by molar-refractivity contribution is 7.99. The van der Waals surface area contributed by atoms with Crippen molar-refractivity contribution in [1.29, 1.82) is 0 Å². The molecule has 1 N–H and O–H groups in total. The Hall–Kier alpha value is -0.520. The van der Waals surface area contributed by atoms with Gasteiger partial charge in [-0.1, -0.05) is 24.6 Å². The van der Waals surface area contributed by atoms with Crippen molar-refractivity contribution < 1.29 is 8.42 Å². The van der Waals surface area contributed by atoms with E-state index in [4.69, 9.17) is 0 Å². The van der Waals surface area contributed by atoms with Gasteiger partial charge in [0.1, 0.15) is 9.84 Å². The van der Waals surface area contributed by atoms with Crippen molar-refractivity contribution in [3.05, 3.63) is 30.3 Å². The van der Waals surface area contributed by atoms with Crippen LogP contribution in [0.25, 0.3) is 0 Å². The van der Waals surface area contributed by atoms with Crippen LogP contribution in [-0.4, -0.2) is 38.8 Å². The molecule has 5 heteroatoms. The van der Waals surface area contributed by atoms with Crippen LogP contribution in [0, 0.1) is 5.92 Å². The Balaban J connectivity index is 1.94. The van der Waals surface area contributed by atoms with Gasteiger partial charge < -0.3 is 5.32 Å². The van der Waals surface area contributed by atoms with Crippen molar-refractivity contribution in [3.8, 4) is 0 Å². The predicted octanol–water partition coefficient (Wildman–Crippen LogP) is 2.97. The van der Waals surface area contributed by atoms with E-state index < -0.39 is 9.84 Å². The van der Waals surface area contributed by atoms with E-state index in [0.29, 0.717) is 12.0 Å². The summed E-state index contributed by atoms with van der Waals surface area (Å²) in [6.07, 6.45) is 5.17. The van der Waals surface area contributed by atoms with Gasteiger partial charge in [0.25, 0.3) is 0 Å². The van der Waals surface area contributed by atoms with Gasteiger partial charge in [-0.3, -0.25) is 0 Å². The number of thioether (sulfide) groups is 1. The van der Waals surface area contributed by atoms with E-state index in [1.165, 1.54) is 11.2 Å². The zero-order chi connectivity index (χ0) is 15.3. The van der Waals surface area contributed by atoms with Gasteiger partial charge in [0.05, 0.1) is 5.25 Å². The highest BCUT2D eigenvalue weighted by atomic mass is 32.2. The Morgan fingerprint density at radius 1 is 1.29 bits per heavy atom. The molecule has 1 aromatic carbocycles. The number of benzene rings is 1. The highest BCUT2D eigenvalue weighted by Crippen LogP contribution is 2.32. The molecule has 1 aromatic rings. The maximum absolute atomic E-state index is 11.8. The van der Waals surface area contributed by atoms with E-state index >= 15 is 0 Å². The average Bonchev–Trinajstić information content (AvgIpc) is 2.48. The molecule has 0 saturated heterocycles. The van der Waals surface area contributed by atoms with Crippen LogP contribution < -0.4 is 5.32 Å². The maximum Gasteiger partial charge on any atom is 0.150 e. The van der Waals surface area contributed by atoms with Crippen LogP contribution in [0.15, 0.2) is 35.2 Å². The lowest BCUT2D eigenvalue weighted by Gasteiger charge is -2.33. The molecule has 0 aliphatic heterocycles. The lowest BCUT2D eigenvalue weighted by atomic mass is 9.84. The van der Waals surface area contributed by atoms with E-state index in [1.807, 2.05) is 24.9 Å². The van der Waals surface area contributed by atoms with Crippen LogP contribution in [0.5, 0.6) is 0 Å². The second kappa shape index (κ2) is 7.65. The normalized spacial score (nSPS) is 24.7. The molecule has 1 aliphatic carbocycles. The van der Waals surface area contributed by atoms with E-state index in [-0.39, 0.29) is 5.25 Å². The third-order valence-corrected chi connectivity index (χ3v) is 7.16. The minimum absolute atomic E-state index is 0.145. The second-order valence-corrected chi connectivity index (χ2v) is 9.32. The Kier molecular flexibility index (Phi) is 6.14. The Morgan fingerprint density at radius 2 is 2.00 bits per heavy atom. The molecule has 3 unspecified atom stereocenters. The molecule has 118 valence electrons. The molecule has 3 atom stereocenters. The van der Waals surface area contributed by atoms with Gasteiger partial charge in [0.2, 0.25) is 0 Å². The highest BCUT2D eigenvalue weighted by Gasteiger charge is 2.32. The topological polar surface area (TPSA) is 46.2 Å². The monoisotopic (exact) mass is 327 g/mol. The van der Waals surface area contributed by atoms with Crippen molar-refractivity contribution >= 4 is 21.6 Å². The van der Waals surface area contributed by atoms with Crippen LogP contribution in [-0.2, 0) is 9.84 Å². The van der Waals surface area contributed by atoms with Crippen LogP contribution in [0.1, 0.15) is 25.7 Å². The van der Waals surface area contributed by atoms with Crippen LogP contribution >= 0.6 is 11.8 Å². The fourth-order valence-electron chi connectivity index (χ4n) is 3.09. The zero-order valence-electron chi connectivity index (χ0n) is 12.8. The first kappa shape index (κ1) is 16.8. The van der Waals surface area contributed by atoms with E-state index in [0.717, 1.165) is 31.4 Å². The molecular weight excluding hydrogens is 302 g/mol. The molecule has 3 nitrogen and oxygen atoms in total. The first-order chi connectivity index (χ1) is 10.0. The molecule has 0 spiro atoms. The van der Waals surface area contributed by atoms with Crippen molar-refractivity contribution in [1.82, 2.24) is 5.32 Å². The Morgan fingerprint density at radius 3 is 2.62 bits per heavy atom. The Bertz CT molecular complexity index is 530. The van der Waals surface area contributed by atoms with Gasteiger partial charge in [0, 0.05) is 22.9 Å². The van der Waals surface area contributed by atoms with Gasteiger partial charge in [-0.25, -0.2) is 8.42 Å². The van der Waals surface area contributed by atoms with E-state index in [1.54, 1.807) is 0 Å². The van der Waals surface area contributed by atoms with Crippen molar-refractivity contribution in [3.63, 3.8) is 0 Å². The summed E-state index contributed by atoms with van der Waals surface area (Å²) in [5.74, 6) is 1.45. The summed E-state index contributed by atoms with van der Waals surface area (Å²) >= 11 is 1.84. The van der Waals surface area contributed by atoms with Crippen molar-refractivity contribution in [2.75, 3.05) is 19.1 Å². The summed E-state index contributed by atoms with van der Waals surface area (Å²) in [6.45, 7) is 0. The fraction of sp³-hybridized carbons (Fsp3) is 0.625. The number of hydrogen-bond donors (Lipinski definition) is 1. The summed E-state index contributed by atoms with van der Waals surface area (Å²) in [7, 11) is -0.916. The van der Waals surface area contributed by atoms with Gasteiger partial charge in [0.15, 0.2) is 0 Å². The fourth-order valence-corrected chi connectivity index (χ4v) is 5.45. The maximum atomic E-state index is 11.8. The van der Waals surface area contributed by atoms with Crippen LogP contribution in [0.3, 0.4) is 0 Å². The number of rotatable bonds is 6. The van der Waals surface area contributed by atoms with E-state index in [2.05, 4.69) is 29.6 Å². The molecule has 1 saturated carbocycles. The minimum atomic E-state index is -2.90. The molecule has 2 rings (SSSR count). The summed E-state index contributed by atoms with van der Waals surface area (Å²) in [6, 6.07) is 10.8. The molecule has 0 bridgehead atoms. The summed E-state index contributed by atoms with van der Waals surface area (Å²) in [5, 5.41) is 3.25. The lowest BCUT2D eigenvalue weighted by molar-refractivity contribution is 0.295.